The number of anilines is 1. The Balaban J connectivity index is 2.87. The number of benzene rings is 1. The van der Waals surface area contributed by atoms with Crippen LogP contribution in [0.5, 0.6) is 0 Å². The summed E-state index contributed by atoms with van der Waals surface area (Å²) in [5.74, 6) is -2.65. The number of nitro benzene ring substituents is 1. The predicted molar refractivity (Wildman–Crippen MR) is 69.4 cm³/mol. The average Bonchev–Trinajstić information content (AvgIpc) is 2.39. The molecular weight excluding hydrogens is 272 g/mol. The van der Waals surface area contributed by atoms with Gasteiger partial charge < -0.3 is 10.6 Å². The third kappa shape index (κ3) is 3.87. The fourth-order valence-electron chi connectivity index (χ4n) is 1.49. The molecule has 0 aliphatic carbocycles. The number of hydrogen-bond donors (Lipinski definition) is 2. The van der Waals surface area contributed by atoms with Crippen molar-refractivity contribution in [2.75, 3.05) is 11.9 Å². The quantitative estimate of drug-likeness (QED) is 0.620. The Labute approximate surface area is 114 Å². The van der Waals surface area contributed by atoms with E-state index < -0.39 is 39.9 Å². The van der Waals surface area contributed by atoms with Gasteiger partial charge in [0.2, 0.25) is 5.91 Å². The van der Waals surface area contributed by atoms with Gasteiger partial charge in [0.15, 0.2) is 11.6 Å². The molecular formula is C12H15F2N3O3. The molecule has 2 N–H and O–H groups in total. The zero-order valence-electron chi connectivity index (χ0n) is 11.1. The fraction of sp³-hybridized carbons (Fsp3) is 0.417. The van der Waals surface area contributed by atoms with Crippen molar-refractivity contribution in [1.82, 2.24) is 5.32 Å². The van der Waals surface area contributed by atoms with Crippen LogP contribution < -0.4 is 10.6 Å². The van der Waals surface area contributed by atoms with Gasteiger partial charge in [0.25, 0.3) is 5.69 Å². The van der Waals surface area contributed by atoms with Gasteiger partial charge in [-0.1, -0.05) is 6.92 Å². The second-order valence-corrected chi connectivity index (χ2v) is 4.20. The summed E-state index contributed by atoms with van der Waals surface area (Å²) >= 11 is 0. The lowest BCUT2D eigenvalue weighted by Gasteiger charge is -2.16. The van der Waals surface area contributed by atoms with Crippen LogP contribution in [0.3, 0.4) is 0 Å². The van der Waals surface area contributed by atoms with E-state index in [0.717, 1.165) is 6.42 Å². The first-order valence-electron chi connectivity index (χ1n) is 6.04. The number of nitro groups is 1. The Hall–Kier alpha value is -2.25. The number of carbonyl (C=O) groups is 1. The Kier molecular flexibility index (Phi) is 5.36. The summed E-state index contributed by atoms with van der Waals surface area (Å²) in [5.41, 5.74) is -1.25. The highest BCUT2D eigenvalue weighted by molar-refractivity contribution is 5.84. The molecule has 1 rings (SSSR count). The molecule has 20 heavy (non-hydrogen) atoms. The van der Waals surface area contributed by atoms with E-state index in [0.29, 0.717) is 18.7 Å². The van der Waals surface area contributed by atoms with Crippen LogP contribution >= 0.6 is 0 Å². The first kappa shape index (κ1) is 15.8. The van der Waals surface area contributed by atoms with E-state index >= 15 is 0 Å². The van der Waals surface area contributed by atoms with Crippen LogP contribution in [0.25, 0.3) is 0 Å². The zero-order chi connectivity index (χ0) is 15.3. The molecule has 0 saturated heterocycles. The van der Waals surface area contributed by atoms with Gasteiger partial charge in [-0.2, -0.15) is 0 Å². The second kappa shape index (κ2) is 6.78. The smallest absolute Gasteiger partial charge is 0.275 e. The molecule has 0 aliphatic heterocycles. The minimum Gasteiger partial charge on any atom is -0.369 e. The Morgan fingerprint density at radius 2 is 1.95 bits per heavy atom. The summed E-state index contributed by atoms with van der Waals surface area (Å²) < 4.78 is 27.2. The number of nitrogens with zero attached hydrogens (tertiary/aromatic N) is 1. The van der Waals surface area contributed by atoms with E-state index in [1.807, 2.05) is 6.92 Å². The molecule has 1 unspecified atom stereocenters. The Morgan fingerprint density at radius 3 is 2.40 bits per heavy atom. The van der Waals surface area contributed by atoms with Gasteiger partial charge in [0, 0.05) is 6.54 Å². The maximum Gasteiger partial charge on any atom is 0.275 e. The van der Waals surface area contributed by atoms with Crippen LogP contribution in [0.1, 0.15) is 20.3 Å². The topological polar surface area (TPSA) is 84.3 Å². The van der Waals surface area contributed by atoms with E-state index in [9.17, 15) is 23.7 Å². The molecule has 0 heterocycles. The number of hydrogen-bond acceptors (Lipinski definition) is 4. The highest BCUT2D eigenvalue weighted by Crippen LogP contribution is 2.25. The van der Waals surface area contributed by atoms with Gasteiger partial charge in [0.05, 0.1) is 17.1 Å². The first-order valence-corrected chi connectivity index (χ1v) is 6.04. The summed E-state index contributed by atoms with van der Waals surface area (Å²) in [7, 11) is 0. The summed E-state index contributed by atoms with van der Waals surface area (Å²) in [4.78, 5) is 21.1. The number of rotatable bonds is 6. The summed E-state index contributed by atoms with van der Waals surface area (Å²) in [5, 5.41) is 15.4. The van der Waals surface area contributed by atoms with E-state index in [4.69, 9.17) is 0 Å². The first-order chi connectivity index (χ1) is 9.36. The minimum atomic E-state index is -1.12. The molecule has 0 bridgehead atoms. The molecule has 110 valence electrons. The molecule has 1 aromatic rings. The van der Waals surface area contributed by atoms with E-state index in [2.05, 4.69) is 10.6 Å². The summed E-state index contributed by atoms with van der Waals surface area (Å²) in [6.07, 6.45) is 0.735. The number of amides is 1. The summed E-state index contributed by atoms with van der Waals surface area (Å²) in [6.45, 7) is 3.76. The van der Waals surface area contributed by atoms with Crippen molar-refractivity contribution in [3.63, 3.8) is 0 Å². The van der Waals surface area contributed by atoms with Crippen molar-refractivity contribution in [1.29, 1.82) is 0 Å². The fourth-order valence-corrected chi connectivity index (χ4v) is 1.49. The molecule has 1 aromatic carbocycles. The van der Waals surface area contributed by atoms with Crippen LogP contribution in [-0.4, -0.2) is 23.4 Å². The monoisotopic (exact) mass is 287 g/mol. The lowest BCUT2D eigenvalue weighted by Crippen LogP contribution is -2.38. The van der Waals surface area contributed by atoms with Crippen molar-refractivity contribution in [2.24, 2.45) is 0 Å². The Bertz CT molecular complexity index is 500. The molecule has 0 fully saturated rings. The molecule has 6 nitrogen and oxygen atoms in total. The molecule has 1 atom stereocenters. The van der Waals surface area contributed by atoms with Gasteiger partial charge in [-0.15, -0.1) is 0 Å². The third-order valence-electron chi connectivity index (χ3n) is 2.54. The third-order valence-corrected chi connectivity index (χ3v) is 2.54. The molecule has 0 saturated carbocycles. The zero-order valence-corrected chi connectivity index (χ0v) is 11.1. The second-order valence-electron chi connectivity index (χ2n) is 4.20. The maximum absolute atomic E-state index is 13.6. The number of carbonyl (C=O) groups excluding carboxylic acids is 1. The molecule has 8 heteroatoms. The maximum atomic E-state index is 13.6. The molecule has 0 aliphatic rings. The van der Waals surface area contributed by atoms with E-state index in [-0.39, 0.29) is 0 Å². The van der Waals surface area contributed by atoms with E-state index in [1.54, 1.807) is 0 Å². The normalized spacial score (nSPS) is 11.8. The van der Waals surface area contributed by atoms with Crippen molar-refractivity contribution in [3.05, 3.63) is 33.9 Å². The van der Waals surface area contributed by atoms with Gasteiger partial charge >= 0.3 is 0 Å². The number of halogens is 2. The largest absolute Gasteiger partial charge is 0.369 e. The van der Waals surface area contributed by atoms with Crippen molar-refractivity contribution >= 4 is 17.3 Å². The molecule has 1 amide bonds. The van der Waals surface area contributed by atoms with Crippen LogP contribution in [0.15, 0.2) is 12.1 Å². The van der Waals surface area contributed by atoms with Crippen molar-refractivity contribution in [2.45, 2.75) is 26.3 Å². The highest BCUT2D eigenvalue weighted by atomic mass is 19.1. The molecule has 0 radical (unpaired) electrons. The molecule has 0 aromatic heterocycles. The lowest BCUT2D eigenvalue weighted by molar-refractivity contribution is -0.385. The number of nitrogens with one attached hydrogen (secondary N) is 2. The average molecular weight is 287 g/mol. The standard InChI is InChI=1S/C12H15F2N3O3/c1-3-4-15-12(18)7(2)16-11-9(13)5-8(17(19)20)6-10(11)14/h5-7,16H,3-4H2,1-2H3,(H,15,18). The highest BCUT2D eigenvalue weighted by Gasteiger charge is 2.20. The van der Waals surface area contributed by atoms with Crippen LogP contribution in [0.2, 0.25) is 0 Å². The minimum absolute atomic E-state index is 0.413. The SMILES string of the molecule is CCCNC(=O)C(C)Nc1c(F)cc([N+](=O)[O-])cc1F. The van der Waals surface area contributed by atoms with Gasteiger partial charge in [-0.25, -0.2) is 8.78 Å². The van der Waals surface area contributed by atoms with Gasteiger partial charge in [-0.05, 0) is 13.3 Å². The van der Waals surface area contributed by atoms with Crippen molar-refractivity contribution < 1.29 is 18.5 Å². The van der Waals surface area contributed by atoms with Crippen molar-refractivity contribution in [3.8, 4) is 0 Å². The summed E-state index contributed by atoms with van der Waals surface area (Å²) in [6, 6.07) is 0.330. The van der Waals surface area contributed by atoms with E-state index in [1.165, 1.54) is 6.92 Å². The van der Waals surface area contributed by atoms with Gasteiger partial charge in [-0.3, -0.25) is 14.9 Å². The van der Waals surface area contributed by atoms with Gasteiger partial charge in [0.1, 0.15) is 11.7 Å². The predicted octanol–water partition coefficient (Wildman–Crippen LogP) is 2.20. The Morgan fingerprint density at radius 1 is 1.40 bits per heavy atom. The number of non-ortho nitro benzene ring substituents is 1. The van der Waals surface area contributed by atoms with Crippen LogP contribution in [0.4, 0.5) is 20.2 Å². The lowest BCUT2D eigenvalue weighted by atomic mass is 10.2. The molecule has 0 spiro atoms. The van der Waals surface area contributed by atoms with Crippen LogP contribution in [0, 0.1) is 21.7 Å². The van der Waals surface area contributed by atoms with Crippen LogP contribution in [-0.2, 0) is 4.79 Å².